The number of rotatable bonds is 8. The number of hydrogen-bond acceptors (Lipinski definition) is 3. The van der Waals surface area contributed by atoms with Crippen LogP contribution in [0.5, 0.6) is 0 Å². The number of hydrogen-bond donors (Lipinski definition) is 2. The quantitative estimate of drug-likeness (QED) is 0.407. The second-order valence-electron chi connectivity index (χ2n) is 6.98. The first-order chi connectivity index (χ1) is 13.9. The van der Waals surface area contributed by atoms with Gasteiger partial charge in [-0.15, -0.1) is 0 Å². The highest BCUT2D eigenvalue weighted by Crippen LogP contribution is 2.16. The Kier molecular flexibility index (Phi) is 8.45. The van der Waals surface area contributed by atoms with Crippen LogP contribution in [0.1, 0.15) is 22.3 Å². The van der Waals surface area contributed by atoms with Crippen molar-refractivity contribution in [1.29, 1.82) is 0 Å². The molecule has 0 aliphatic carbocycles. The van der Waals surface area contributed by atoms with E-state index >= 15 is 0 Å². The maximum Gasteiger partial charge on any atom is 0.253 e. The fourth-order valence-corrected chi connectivity index (χ4v) is 2.83. The highest BCUT2D eigenvalue weighted by Gasteiger charge is 2.08. The Bertz CT molecular complexity index is 820. The van der Waals surface area contributed by atoms with Crippen LogP contribution < -0.4 is 15.5 Å². The molecule has 0 fully saturated rings. The Hall–Kier alpha value is -3.09. The summed E-state index contributed by atoms with van der Waals surface area (Å²) < 4.78 is 13.8. The highest BCUT2D eigenvalue weighted by atomic mass is 19.1. The van der Waals surface area contributed by atoms with Gasteiger partial charge < -0.3 is 20.4 Å². The van der Waals surface area contributed by atoms with Crippen LogP contribution in [0.2, 0.25) is 0 Å². The molecule has 7 heteroatoms. The average Bonchev–Trinajstić information content (AvgIpc) is 2.73. The highest BCUT2D eigenvalue weighted by molar-refractivity contribution is 5.93. The molecule has 1 amide bonds. The van der Waals surface area contributed by atoms with Crippen molar-refractivity contribution in [2.45, 2.75) is 13.0 Å². The van der Waals surface area contributed by atoms with Crippen molar-refractivity contribution < 1.29 is 9.18 Å². The summed E-state index contributed by atoms with van der Waals surface area (Å²) >= 11 is 0. The summed E-state index contributed by atoms with van der Waals surface area (Å²) in [5, 5.41) is 6.52. The van der Waals surface area contributed by atoms with Crippen molar-refractivity contribution in [2.24, 2.45) is 4.99 Å². The molecule has 2 N–H and O–H groups in total. The van der Waals surface area contributed by atoms with Crippen LogP contribution in [-0.4, -0.2) is 58.0 Å². The number of halogens is 1. The summed E-state index contributed by atoms with van der Waals surface area (Å²) in [6, 6.07) is 14.3. The number of aliphatic imine (C=N–C) groups is 1. The first-order valence-electron chi connectivity index (χ1n) is 9.63. The Morgan fingerprint density at radius 1 is 1.03 bits per heavy atom. The molecular formula is C22H30FN5O. The third-order valence-electron chi connectivity index (χ3n) is 4.52. The van der Waals surface area contributed by atoms with Gasteiger partial charge in [-0.1, -0.05) is 24.3 Å². The van der Waals surface area contributed by atoms with Gasteiger partial charge in [0.2, 0.25) is 0 Å². The van der Waals surface area contributed by atoms with Gasteiger partial charge in [0.1, 0.15) is 5.82 Å². The molecule has 6 nitrogen and oxygen atoms in total. The van der Waals surface area contributed by atoms with Crippen LogP contribution in [0.4, 0.5) is 10.1 Å². The number of amides is 1. The molecule has 0 spiro atoms. The zero-order chi connectivity index (χ0) is 21.2. The number of anilines is 1. The number of para-hydroxylation sites is 1. The molecule has 0 unspecified atom stereocenters. The molecule has 2 rings (SSSR count). The van der Waals surface area contributed by atoms with E-state index in [1.807, 2.05) is 42.3 Å². The molecule has 0 aliphatic rings. The predicted octanol–water partition coefficient (Wildman–Crippen LogP) is 2.72. The van der Waals surface area contributed by atoms with Crippen molar-refractivity contribution in [3.8, 4) is 0 Å². The lowest BCUT2D eigenvalue weighted by Gasteiger charge is -2.20. The van der Waals surface area contributed by atoms with E-state index in [1.165, 1.54) is 6.07 Å². The minimum atomic E-state index is -0.210. The number of nitrogens with one attached hydrogen (secondary N) is 2. The predicted molar refractivity (Wildman–Crippen MR) is 117 cm³/mol. The molecular weight excluding hydrogens is 369 g/mol. The molecule has 0 aliphatic heterocycles. The van der Waals surface area contributed by atoms with Gasteiger partial charge in [-0.2, -0.15) is 0 Å². The minimum absolute atomic E-state index is 0.0117. The lowest BCUT2D eigenvalue weighted by molar-refractivity contribution is 0.0827. The van der Waals surface area contributed by atoms with Crippen LogP contribution >= 0.6 is 0 Å². The average molecular weight is 400 g/mol. The fourth-order valence-electron chi connectivity index (χ4n) is 2.83. The molecule has 0 atom stereocenters. The number of nitrogens with zero attached hydrogens (tertiary/aromatic N) is 3. The van der Waals surface area contributed by atoms with E-state index < -0.39 is 0 Å². The molecule has 0 saturated heterocycles. The van der Waals surface area contributed by atoms with Crippen LogP contribution in [0, 0.1) is 5.82 Å². The van der Waals surface area contributed by atoms with Gasteiger partial charge in [-0.05, 0) is 36.2 Å². The molecule has 2 aromatic rings. The van der Waals surface area contributed by atoms with E-state index in [0.29, 0.717) is 23.8 Å². The fraction of sp³-hybridized carbons (Fsp3) is 0.364. The Labute approximate surface area is 172 Å². The summed E-state index contributed by atoms with van der Waals surface area (Å²) in [4.78, 5) is 19.6. The second-order valence-corrected chi connectivity index (χ2v) is 6.98. The van der Waals surface area contributed by atoms with E-state index in [1.54, 1.807) is 38.2 Å². The smallest absolute Gasteiger partial charge is 0.253 e. The van der Waals surface area contributed by atoms with E-state index in [9.17, 15) is 9.18 Å². The van der Waals surface area contributed by atoms with Crippen molar-refractivity contribution >= 4 is 17.6 Å². The molecule has 29 heavy (non-hydrogen) atoms. The molecule has 0 radical (unpaired) electrons. The minimum Gasteiger partial charge on any atom is -0.372 e. The van der Waals surface area contributed by atoms with Crippen molar-refractivity contribution in [1.82, 2.24) is 15.5 Å². The number of benzene rings is 2. The third-order valence-corrected chi connectivity index (χ3v) is 4.52. The lowest BCUT2D eigenvalue weighted by Crippen LogP contribution is -2.38. The summed E-state index contributed by atoms with van der Waals surface area (Å²) in [5.74, 6) is 0.480. The first-order valence-corrected chi connectivity index (χ1v) is 9.63. The second kappa shape index (κ2) is 11.0. The number of carbonyl (C=O) groups excluding carboxylic acids is 1. The number of guanidine groups is 1. The first kappa shape index (κ1) is 22.2. The van der Waals surface area contributed by atoms with Gasteiger partial charge in [0.25, 0.3) is 5.91 Å². The van der Waals surface area contributed by atoms with E-state index in [2.05, 4.69) is 15.6 Å². The molecule has 0 bridgehead atoms. The maximum atomic E-state index is 13.8. The van der Waals surface area contributed by atoms with Crippen LogP contribution in [-0.2, 0) is 6.54 Å². The van der Waals surface area contributed by atoms with Crippen molar-refractivity contribution in [3.05, 3.63) is 65.5 Å². The van der Waals surface area contributed by atoms with Gasteiger partial charge in [0.05, 0.1) is 5.69 Å². The van der Waals surface area contributed by atoms with Crippen molar-refractivity contribution in [3.63, 3.8) is 0 Å². The summed E-state index contributed by atoms with van der Waals surface area (Å²) in [5.41, 5.74) is 2.33. The largest absolute Gasteiger partial charge is 0.372 e. The van der Waals surface area contributed by atoms with E-state index in [0.717, 1.165) is 25.1 Å². The monoisotopic (exact) mass is 399 g/mol. The number of carbonyl (C=O) groups is 1. The third kappa shape index (κ3) is 6.78. The summed E-state index contributed by atoms with van der Waals surface area (Å²) in [7, 11) is 7.08. The van der Waals surface area contributed by atoms with E-state index in [4.69, 9.17) is 0 Å². The zero-order valence-corrected chi connectivity index (χ0v) is 17.6. The molecule has 156 valence electrons. The van der Waals surface area contributed by atoms with Crippen LogP contribution in [0.3, 0.4) is 0 Å². The Balaban J connectivity index is 1.74. The van der Waals surface area contributed by atoms with Gasteiger partial charge >= 0.3 is 0 Å². The van der Waals surface area contributed by atoms with Gasteiger partial charge in [-0.3, -0.25) is 9.79 Å². The molecule has 0 saturated carbocycles. The van der Waals surface area contributed by atoms with Gasteiger partial charge in [0.15, 0.2) is 5.96 Å². The summed E-state index contributed by atoms with van der Waals surface area (Å²) in [6.07, 6.45) is 0.840. The maximum absolute atomic E-state index is 13.8. The van der Waals surface area contributed by atoms with Crippen molar-refractivity contribution in [2.75, 3.05) is 46.2 Å². The Morgan fingerprint density at radius 2 is 1.72 bits per heavy atom. The molecule has 2 aromatic carbocycles. The Morgan fingerprint density at radius 3 is 2.34 bits per heavy atom. The van der Waals surface area contributed by atoms with Gasteiger partial charge in [-0.25, -0.2) is 4.39 Å². The normalized spacial score (nSPS) is 11.1. The summed E-state index contributed by atoms with van der Waals surface area (Å²) in [6.45, 7) is 2.05. The van der Waals surface area contributed by atoms with E-state index in [-0.39, 0.29) is 11.7 Å². The van der Waals surface area contributed by atoms with Gasteiger partial charge in [0, 0.05) is 53.4 Å². The molecule has 0 aromatic heterocycles. The SMILES string of the molecule is CN=C(NCCCN(C)c1ccccc1F)NCc1ccc(C(=O)N(C)C)cc1. The zero-order valence-electron chi connectivity index (χ0n) is 17.6. The lowest BCUT2D eigenvalue weighted by atomic mass is 10.1. The standard InChI is InChI=1S/C22H30FN5O/c1-24-22(25-14-7-15-28(4)20-9-6-5-8-19(20)23)26-16-17-10-12-18(13-11-17)21(29)27(2)3/h5-6,8-13H,7,14-16H2,1-4H3,(H2,24,25,26). The molecule has 0 heterocycles. The van der Waals surface area contributed by atoms with Crippen LogP contribution in [0.15, 0.2) is 53.5 Å². The van der Waals surface area contributed by atoms with Crippen LogP contribution in [0.25, 0.3) is 0 Å². The topological polar surface area (TPSA) is 60.0 Å².